The zero-order valence-corrected chi connectivity index (χ0v) is 20.7. The molecule has 0 saturated heterocycles. The lowest BCUT2D eigenvalue weighted by atomic mass is 10.2. The van der Waals surface area contributed by atoms with E-state index in [-0.39, 0.29) is 11.7 Å². The molecular formula is C26H27N5O3S. The van der Waals surface area contributed by atoms with Crippen LogP contribution in [0.15, 0.2) is 72.1 Å². The topological polar surface area (TPSA) is 91.2 Å². The summed E-state index contributed by atoms with van der Waals surface area (Å²) in [5.74, 6) is 1.94. The van der Waals surface area contributed by atoms with Crippen LogP contribution >= 0.6 is 11.8 Å². The molecule has 2 heterocycles. The summed E-state index contributed by atoms with van der Waals surface area (Å²) in [6.45, 7) is 6.89. The van der Waals surface area contributed by atoms with Gasteiger partial charge in [-0.15, -0.1) is 10.2 Å². The molecule has 0 atom stereocenters. The minimum absolute atomic E-state index is 0.161. The molecule has 0 saturated carbocycles. The zero-order valence-electron chi connectivity index (χ0n) is 19.9. The molecule has 4 aromatic rings. The van der Waals surface area contributed by atoms with Crippen LogP contribution in [0.4, 0.5) is 5.69 Å². The van der Waals surface area contributed by atoms with Crippen molar-refractivity contribution in [1.82, 2.24) is 19.7 Å². The van der Waals surface area contributed by atoms with E-state index in [0.717, 1.165) is 16.8 Å². The van der Waals surface area contributed by atoms with Crippen molar-refractivity contribution in [3.63, 3.8) is 0 Å². The number of amides is 1. The molecule has 2 aromatic carbocycles. The third-order valence-corrected chi connectivity index (χ3v) is 6.02. The second kappa shape index (κ2) is 11.5. The fraction of sp³-hybridized carbons (Fsp3) is 0.231. The number of thioether (sulfide) groups is 1. The van der Waals surface area contributed by atoms with E-state index < -0.39 is 0 Å². The SMILES string of the molecule is CCOc1ccc(NC(=O)CSc2nnc(-c3ccncc3)n2-c2ccccc2C)cc1OCC. The number of aryl methyl sites for hydroxylation is 1. The Morgan fingerprint density at radius 1 is 0.971 bits per heavy atom. The molecule has 180 valence electrons. The van der Waals surface area contributed by atoms with Gasteiger partial charge >= 0.3 is 0 Å². The molecule has 0 bridgehead atoms. The maximum absolute atomic E-state index is 12.8. The number of carbonyl (C=O) groups is 1. The van der Waals surface area contributed by atoms with Gasteiger partial charge in [-0.2, -0.15) is 0 Å². The van der Waals surface area contributed by atoms with Crippen LogP contribution < -0.4 is 14.8 Å². The Kier molecular flexibility index (Phi) is 7.99. The van der Waals surface area contributed by atoms with Gasteiger partial charge in [0, 0.05) is 29.7 Å². The Bertz CT molecular complexity index is 1290. The average Bonchev–Trinajstić information content (AvgIpc) is 3.29. The van der Waals surface area contributed by atoms with Crippen molar-refractivity contribution < 1.29 is 14.3 Å². The number of rotatable bonds is 10. The first kappa shape index (κ1) is 24.3. The van der Waals surface area contributed by atoms with Crippen LogP contribution in [-0.2, 0) is 4.79 Å². The van der Waals surface area contributed by atoms with Gasteiger partial charge in [0.25, 0.3) is 0 Å². The predicted molar refractivity (Wildman–Crippen MR) is 137 cm³/mol. The number of benzene rings is 2. The Balaban J connectivity index is 1.54. The van der Waals surface area contributed by atoms with Gasteiger partial charge in [-0.05, 0) is 56.7 Å². The molecule has 0 aliphatic carbocycles. The highest BCUT2D eigenvalue weighted by atomic mass is 32.2. The molecule has 0 fully saturated rings. The lowest BCUT2D eigenvalue weighted by Crippen LogP contribution is -2.15. The van der Waals surface area contributed by atoms with Crippen molar-refractivity contribution in [2.24, 2.45) is 0 Å². The van der Waals surface area contributed by atoms with Gasteiger partial charge in [0.2, 0.25) is 5.91 Å². The first-order valence-corrected chi connectivity index (χ1v) is 12.3. The summed E-state index contributed by atoms with van der Waals surface area (Å²) < 4.78 is 13.2. The normalized spacial score (nSPS) is 10.7. The monoisotopic (exact) mass is 489 g/mol. The molecule has 9 heteroatoms. The Labute approximate surface area is 208 Å². The maximum atomic E-state index is 12.8. The number of nitrogens with one attached hydrogen (secondary N) is 1. The fourth-order valence-corrected chi connectivity index (χ4v) is 4.28. The number of carbonyl (C=O) groups excluding carboxylic acids is 1. The zero-order chi connectivity index (χ0) is 24.6. The third kappa shape index (κ3) is 5.81. The van der Waals surface area contributed by atoms with E-state index >= 15 is 0 Å². The van der Waals surface area contributed by atoms with Crippen LogP contribution in [0.2, 0.25) is 0 Å². The van der Waals surface area contributed by atoms with E-state index in [1.54, 1.807) is 30.6 Å². The van der Waals surface area contributed by atoms with Crippen molar-refractivity contribution in [3.8, 4) is 28.6 Å². The van der Waals surface area contributed by atoms with Crippen molar-refractivity contribution in [2.45, 2.75) is 25.9 Å². The summed E-state index contributed by atoms with van der Waals surface area (Å²) in [7, 11) is 0. The summed E-state index contributed by atoms with van der Waals surface area (Å²) in [6, 6.07) is 17.2. The van der Waals surface area contributed by atoms with Crippen LogP contribution in [0.1, 0.15) is 19.4 Å². The first-order chi connectivity index (χ1) is 17.1. The molecule has 0 aliphatic rings. The second-order valence-corrected chi connectivity index (χ2v) is 8.47. The van der Waals surface area contributed by atoms with Gasteiger partial charge < -0.3 is 14.8 Å². The van der Waals surface area contributed by atoms with E-state index in [1.165, 1.54) is 11.8 Å². The second-order valence-electron chi connectivity index (χ2n) is 7.53. The number of pyridine rings is 1. The van der Waals surface area contributed by atoms with E-state index in [1.807, 2.05) is 61.7 Å². The predicted octanol–water partition coefficient (Wildman–Crippen LogP) is 5.17. The molecule has 0 spiro atoms. The number of ether oxygens (including phenoxy) is 2. The molecule has 0 unspecified atom stereocenters. The lowest BCUT2D eigenvalue weighted by molar-refractivity contribution is -0.113. The molecule has 35 heavy (non-hydrogen) atoms. The maximum Gasteiger partial charge on any atom is 0.234 e. The minimum Gasteiger partial charge on any atom is -0.490 e. The van der Waals surface area contributed by atoms with E-state index in [0.29, 0.717) is 41.4 Å². The number of nitrogens with zero attached hydrogens (tertiary/aromatic N) is 4. The number of hydrogen-bond acceptors (Lipinski definition) is 7. The van der Waals surface area contributed by atoms with E-state index in [9.17, 15) is 4.79 Å². The first-order valence-electron chi connectivity index (χ1n) is 11.3. The van der Waals surface area contributed by atoms with Crippen molar-refractivity contribution >= 4 is 23.4 Å². The van der Waals surface area contributed by atoms with Gasteiger partial charge in [0.05, 0.1) is 24.7 Å². The van der Waals surface area contributed by atoms with Crippen LogP contribution in [0.3, 0.4) is 0 Å². The van der Waals surface area contributed by atoms with Crippen molar-refractivity contribution in [1.29, 1.82) is 0 Å². The molecule has 8 nitrogen and oxygen atoms in total. The molecule has 4 rings (SSSR count). The average molecular weight is 490 g/mol. The number of anilines is 1. The summed E-state index contributed by atoms with van der Waals surface area (Å²) >= 11 is 1.32. The number of hydrogen-bond donors (Lipinski definition) is 1. The van der Waals surface area contributed by atoms with E-state index in [4.69, 9.17) is 9.47 Å². The number of para-hydroxylation sites is 1. The molecule has 2 aromatic heterocycles. The molecule has 1 amide bonds. The van der Waals surface area contributed by atoms with Gasteiger partial charge in [0.15, 0.2) is 22.5 Å². The summed E-state index contributed by atoms with van der Waals surface area (Å²) in [5.41, 5.74) is 3.57. The lowest BCUT2D eigenvalue weighted by Gasteiger charge is -2.14. The van der Waals surface area contributed by atoms with Gasteiger partial charge in [-0.3, -0.25) is 14.3 Å². The van der Waals surface area contributed by atoms with E-state index in [2.05, 4.69) is 20.5 Å². The Hall–Kier alpha value is -3.85. The van der Waals surface area contributed by atoms with Crippen molar-refractivity contribution in [3.05, 3.63) is 72.6 Å². The molecule has 0 radical (unpaired) electrons. The smallest absolute Gasteiger partial charge is 0.234 e. The highest BCUT2D eigenvalue weighted by molar-refractivity contribution is 7.99. The van der Waals surface area contributed by atoms with Crippen molar-refractivity contribution in [2.75, 3.05) is 24.3 Å². The molecule has 0 aliphatic heterocycles. The Morgan fingerprint density at radius 3 is 2.46 bits per heavy atom. The van der Waals surface area contributed by atoms with Gasteiger partial charge in [-0.1, -0.05) is 30.0 Å². The summed E-state index contributed by atoms with van der Waals surface area (Å²) in [5, 5.41) is 12.4. The third-order valence-electron chi connectivity index (χ3n) is 5.09. The highest BCUT2D eigenvalue weighted by Crippen LogP contribution is 2.32. The van der Waals surface area contributed by atoms with Crippen LogP contribution in [-0.4, -0.2) is 44.6 Å². The molecular weight excluding hydrogens is 462 g/mol. The number of aromatic nitrogens is 4. The fourth-order valence-electron chi connectivity index (χ4n) is 3.54. The molecule has 1 N–H and O–H groups in total. The highest BCUT2D eigenvalue weighted by Gasteiger charge is 2.18. The van der Waals surface area contributed by atoms with Crippen LogP contribution in [0.25, 0.3) is 17.1 Å². The minimum atomic E-state index is -0.161. The van der Waals surface area contributed by atoms with Gasteiger partial charge in [-0.25, -0.2) is 0 Å². The largest absolute Gasteiger partial charge is 0.490 e. The quantitative estimate of drug-likeness (QED) is 0.308. The van der Waals surface area contributed by atoms with Crippen LogP contribution in [0.5, 0.6) is 11.5 Å². The van der Waals surface area contributed by atoms with Crippen LogP contribution in [0, 0.1) is 6.92 Å². The van der Waals surface area contributed by atoms with Gasteiger partial charge in [0.1, 0.15) is 0 Å². The standard InChI is InChI=1S/C26H27N5O3S/c1-4-33-22-11-10-20(16-23(22)34-5-2)28-24(32)17-35-26-30-29-25(19-12-14-27-15-13-19)31(26)21-9-7-6-8-18(21)3/h6-16H,4-5,17H2,1-3H3,(H,28,32). The summed E-state index contributed by atoms with van der Waals surface area (Å²) in [4.78, 5) is 16.9. The Morgan fingerprint density at radius 2 is 1.71 bits per heavy atom. The summed E-state index contributed by atoms with van der Waals surface area (Å²) in [6.07, 6.45) is 3.44.